The molecule has 12 heavy (non-hydrogen) atoms. The van der Waals surface area contributed by atoms with Gasteiger partial charge in [-0.3, -0.25) is 4.79 Å². The summed E-state index contributed by atoms with van der Waals surface area (Å²) in [7, 11) is 0. The van der Waals surface area contributed by atoms with E-state index in [4.69, 9.17) is 17.5 Å². The standard InChI is InChI=1S/C9H7NOS/c10-6-5-8(11)7-3-1-2-4-9(7)12/h1-3H,4-5H2. The van der Waals surface area contributed by atoms with Crippen LogP contribution in [0.25, 0.3) is 0 Å². The lowest BCUT2D eigenvalue weighted by Gasteiger charge is -2.06. The molecule has 1 aliphatic rings. The highest BCUT2D eigenvalue weighted by Gasteiger charge is 2.13. The first kappa shape index (κ1) is 8.82. The van der Waals surface area contributed by atoms with Crippen LogP contribution >= 0.6 is 12.2 Å². The molecule has 0 aliphatic heterocycles. The summed E-state index contributed by atoms with van der Waals surface area (Å²) in [6, 6.07) is 1.81. The second kappa shape index (κ2) is 3.93. The van der Waals surface area contributed by atoms with Crippen molar-refractivity contribution < 1.29 is 4.79 Å². The molecule has 0 saturated carbocycles. The number of Topliss-reactive ketones (excluding diaryl/α,β-unsaturated/α-hetero) is 1. The van der Waals surface area contributed by atoms with Crippen molar-refractivity contribution in [3.05, 3.63) is 23.8 Å². The van der Waals surface area contributed by atoms with Gasteiger partial charge in [-0.25, -0.2) is 0 Å². The Morgan fingerprint density at radius 3 is 3.08 bits per heavy atom. The second-order valence-electron chi connectivity index (χ2n) is 2.39. The van der Waals surface area contributed by atoms with Crippen LogP contribution in [0.15, 0.2) is 23.8 Å². The maximum absolute atomic E-state index is 11.2. The van der Waals surface area contributed by atoms with Gasteiger partial charge in [-0.05, 0) is 0 Å². The van der Waals surface area contributed by atoms with E-state index in [0.29, 0.717) is 16.9 Å². The van der Waals surface area contributed by atoms with E-state index < -0.39 is 0 Å². The third kappa shape index (κ3) is 1.86. The van der Waals surface area contributed by atoms with Crippen LogP contribution in [0.1, 0.15) is 12.8 Å². The number of hydrogen-bond acceptors (Lipinski definition) is 3. The molecule has 2 nitrogen and oxygen atoms in total. The Morgan fingerprint density at radius 1 is 1.75 bits per heavy atom. The molecule has 0 amide bonds. The van der Waals surface area contributed by atoms with Crippen molar-refractivity contribution in [1.82, 2.24) is 0 Å². The van der Waals surface area contributed by atoms with Crippen LogP contribution in [0.3, 0.4) is 0 Å². The normalized spacial score (nSPS) is 15.2. The Kier molecular flexibility index (Phi) is 2.89. The van der Waals surface area contributed by atoms with E-state index >= 15 is 0 Å². The van der Waals surface area contributed by atoms with Gasteiger partial charge in [-0.2, -0.15) is 5.26 Å². The maximum Gasteiger partial charge on any atom is 0.178 e. The average molecular weight is 177 g/mol. The summed E-state index contributed by atoms with van der Waals surface area (Å²) in [5, 5.41) is 8.29. The van der Waals surface area contributed by atoms with Gasteiger partial charge in [0.15, 0.2) is 5.78 Å². The van der Waals surface area contributed by atoms with Crippen LogP contribution in [0.2, 0.25) is 0 Å². The number of ketones is 1. The minimum atomic E-state index is -0.174. The van der Waals surface area contributed by atoms with E-state index in [1.165, 1.54) is 0 Å². The zero-order chi connectivity index (χ0) is 8.97. The van der Waals surface area contributed by atoms with Gasteiger partial charge in [-0.1, -0.05) is 30.4 Å². The van der Waals surface area contributed by atoms with Gasteiger partial charge in [0, 0.05) is 16.9 Å². The number of carbonyl (C=O) groups excluding carboxylic acids is 1. The molecule has 0 N–H and O–H groups in total. The van der Waals surface area contributed by atoms with Crippen molar-refractivity contribution in [2.24, 2.45) is 0 Å². The third-order valence-corrected chi connectivity index (χ3v) is 1.93. The zero-order valence-corrected chi connectivity index (χ0v) is 7.23. The topological polar surface area (TPSA) is 40.9 Å². The second-order valence-corrected chi connectivity index (χ2v) is 2.89. The number of rotatable bonds is 2. The van der Waals surface area contributed by atoms with Gasteiger partial charge < -0.3 is 0 Å². The van der Waals surface area contributed by atoms with Crippen molar-refractivity contribution in [3.8, 4) is 6.07 Å². The van der Waals surface area contributed by atoms with Crippen LogP contribution in [0, 0.1) is 11.3 Å². The lowest BCUT2D eigenvalue weighted by Crippen LogP contribution is -2.11. The van der Waals surface area contributed by atoms with E-state index in [-0.39, 0.29) is 12.2 Å². The summed E-state index contributed by atoms with van der Waals surface area (Å²) in [4.78, 5) is 11.8. The number of thiocarbonyl (C=S) groups is 1. The van der Waals surface area contributed by atoms with Crippen LogP contribution in [0.5, 0.6) is 0 Å². The van der Waals surface area contributed by atoms with E-state index in [9.17, 15) is 4.79 Å². The van der Waals surface area contributed by atoms with Gasteiger partial charge in [0.05, 0.1) is 12.5 Å². The summed E-state index contributed by atoms with van der Waals surface area (Å²) in [5.74, 6) is -0.174. The van der Waals surface area contributed by atoms with Crippen LogP contribution in [-0.4, -0.2) is 10.6 Å². The van der Waals surface area contributed by atoms with Crippen molar-refractivity contribution in [2.45, 2.75) is 12.8 Å². The predicted molar refractivity (Wildman–Crippen MR) is 49.7 cm³/mol. The Bertz CT molecular complexity index is 320. The number of hydrogen-bond donors (Lipinski definition) is 0. The largest absolute Gasteiger partial charge is 0.293 e. The summed E-state index contributed by atoms with van der Waals surface area (Å²) < 4.78 is 0. The molecule has 0 unspecified atom stereocenters. The first-order valence-electron chi connectivity index (χ1n) is 3.56. The zero-order valence-electron chi connectivity index (χ0n) is 6.41. The lowest BCUT2D eigenvalue weighted by molar-refractivity contribution is -0.114. The van der Waals surface area contributed by atoms with E-state index in [2.05, 4.69) is 0 Å². The highest BCUT2D eigenvalue weighted by molar-refractivity contribution is 7.81. The fraction of sp³-hybridized carbons (Fsp3) is 0.222. The molecule has 0 fully saturated rings. The van der Waals surface area contributed by atoms with Gasteiger partial charge in [0.2, 0.25) is 0 Å². The first-order valence-corrected chi connectivity index (χ1v) is 3.96. The number of allylic oxidation sites excluding steroid dienone is 4. The fourth-order valence-electron chi connectivity index (χ4n) is 0.958. The molecule has 0 saturated heterocycles. The molecule has 0 radical (unpaired) electrons. The molecule has 60 valence electrons. The number of nitriles is 1. The van der Waals surface area contributed by atoms with Crippen LogP contribution < -0.4 is 0 Å². The average Bonchev–Trinajstić information content (AvgIpc) is 2.05. The molecule has 0 heterocycles. The van der Waals surface area contributed by atoms with Crippen molar-refractivity contribution in [3.63, 3.8) is 0 Å². The quantitative estimate of drug-likeness (QED) is 0.603. The monoisotopic (exact) mass is 177 g/mol. The van der Waals surface area contributed by atoms with E-state index in [1.807, 2.05) is 12.1 Å². The van der Waals surface area contributed by atoms with Gasteiger partial charge in [0.1, 0.15) is 0 Å². The Labute approximate surface area is 76.2 Å². The van der Waals surface area contributed by atoms with Crippen LogP contribution in [0.4, 0.5) is 0 Å². The molecular formula is C9H7NOS. The molecule has 3 heteroatoms. The molecular weight excluding hydrogens is 170 g/mol. The number of carbonyl (C=O) groups is 1. The molecule has 0 spiro atoms. The molecule has 0 aromatic rings. The maximum atomic E-state index is 11.2. The molecule has 1 aliphatic carbocycles. The van der Waals surface area contributed by atoms with Crippen LogP contribution in [-0.2, 0) is 4.79 Å². The molecule has 0 aromatic heterocycles. The SMILES string of the molecule is N#CCC(=O)C1=CC=CCC1=S. The van der Waals surface area contributed by atoms with Crippen molar-refractivity contribution in [1.29, 1.82) is 5.26 Å². The first-order chi connectivity index (χ1) is 5.75. The van der Waals surface area contributed by atoms with E-state index in [0.717, 1.165) is 0 Å². The van der Waals surface area contributed by atoms with E-state index in [1.54, 1.807) is 12.2 Å². The Balaban J connectivity index is 2.80. The smallest absolute Gasteiger partial charge is 0.178 e. The van der Waals surface area contributed by atoms with Gasteiger partial charge >= 0.3 is 0 Å². The summed E-state index contributed by atoms with van der Waals surface area (Å²) in [5.41, 5.74) is 0.522. The minimum Gasteiger partial charge on any atom is -0.293 e. The van der Waals surface area contributed by atoms with Crippen molar-refractivity contribution >= 4 is 22.9 Å². The molecule has 1 rings (SSSR count). The summed E-state index contributed by atoms with van der Waals surface area (Å²) >= 11 is 4.97. The highest BCUT2D eigenvalue weighted by Crippen LogP contribution is 2.12. The summed E-state index contributed by atoms with van der Waals surface area (Å²) in [6.07, 6.45) is 5.91. The van der Waals surface area contributed by atoms with Crippen molar-refractivity contribution in [2.75, 3.05) is 0 Å². The molecule has 0 aromatic carbocycles. The predicted octanol–water partition coefficient (Wildman–Crippen LogP) is 1.73. The Morgan fingerprint density at radius 2 is 2.50 bits per heavy atom. The summed E-state index contributed by atoms with van der Waals surface area (Å²) in [6.45, 7) is 0. The third-order valence-electron chi connectivity index (χ3n) is 1.54. The number of nitrogens with zero attached hydrogens (tertiary/aromatic N) is 1. The molecule has 0 bridgehead atoms. The lowest BCUT2D eigenvalue weighted by atomic mass is 9.99. The minimum absolute atomic E-state index is 0.0835. The highest BCUT2D eigenvalue weighted by atomic mass is 32.1. The van der Waals surface area contributed by atoms with Gasteiger partial charge in [0.25, 0.3) is 0 Å². The fourth-order valence-corrected chi connectivity index (χ4v) is 1.24. The van der Waals surface area contributed by atoms with Gasteiger partial charge in [-0.15, -0.1) is 0 Å². The Hall–Kier alpha value is -1.27. The molecule has 0 atom stereocenters.